The van der Waals surface area contributed by atoms with Gasteiger partial charge in [0.15, 0.2) is 0 Å². The molecule has 1 aromatic carbocycles. The molecule has 1 heterocycles. The van der Waals surface area contributed by atoms with Gasteiger partial charge in [0, 0.05) is 16.2 Å². The fraction of sp³-hybridized carbons (Fsp3) is 0.154. The fourth-order valence-corrected chi connectivity index (χ4v) is 2.19. The highest BCUT2D eigenvalue weighted by molar-refractivity contribution is 9.10. The molecule has 1 aromatic heterocycles. The van der Waals surface area contributed by atoms with E-state index in [0.717, 1.165) is 10.0 Å². The third-order valence-electron chi connectivity index (χ3n) is 2.82. The van der Waals surface area contributed by atoms with E-state index in [2.05, 4.69) is 20.9 Å². The maximum absolute atomic E-state index is 10.7. The van der Waals surface area contributed by atoms with Crippen molar-refractivity contribution < 1.29 is 5.11 Å². The van der Waals surface area contributed by atoms with E-state index in [1.165, 1.54) is 6.20 Å². The Morgan fingerprint density at radius 1 is 1.33 bits per heavy atom. The first kappa shape index (κ1) is 13.3. The van der Waals surface area contributed by atoms with Gasteiger partial charge in [-0.1, -0.05) is 39.7 Å². The van der Waals surface area contributed by atoms with Crippen molar-refractivity contribution in [3.63, 3.8) is 0 Å². The van der Waals surface area contributed by atoms with Gasteiger partial charge < -0.3 is 10.8 Å². The number of rotatable bonds is 2. The van der Waals surface area contributed by atoms with Crippen molar-refractivity contribution >= 4 is 33.3 Å². The molecule has 0 fully saturated rings. The molecule has 94 valence electrons. The van der Waals surface area contributed by atoms with Crippen molar-refractivity contribution in [3.05, 3.63) is 57.2 Å². The monoisotopic (exact) mass is 326 g/mol. The second-order valence-electron chi connectivity index (χ2n) is 4.17. The second-order valence-corrected chi connectivity index (χ2v) is 5.52. The van der Waals surface area contributed by atoms with Gasteiger partial charge in [-0.05, 0) is 30.7 Å². The molecular formula is C13H12BrClN2O. The van der Waals surface area contributed by atoms with Gasteiger partial charge in [-0.25, -0.2) is 4.98 Å². The van der Waals surface area contributed by atoms with Crippen molar-refractivity contribution in [1.29, 1.82) is 0 Å². The topological polar surface area (TPSA) is 59.1 Å². The summed E-state index contributed by atoms with van der Waals surface area (Å²) in [5.74, 6) is 0.271. The van der Waals surface area contributed by atoms with Crippen LogP contribution >= 0.6 is 27.5 Å². The first-order valence-corrected chi connectivity index (χ1v) is 6.48. The number of hydrogen-bond acceptors (Lipinski definition) is 3. The minimum atomic E-state index is -1.23. The highest BCUT2D eigenvalue weighted by Crippen LogP contribution is 2.33. The number of pyridine rings is 1. The molecule has 2 aromatic rings. The number of aromatic nitrogens is 1. The van der Waals surface area contributed by atoms with E-state index in [1.54, 1.807) is 13.0 Å². The summed E-state index contributed by atoms with van der Waals surface area (Å²) in [4.78, 5) is 3.96. The van der Waals surface area contributed by atoms with E-state index in [-0.39, 0.29) is 5.82 Å². The lowest BCUT2D eigenvalue weighted by Crippen LogP contribution is -2.24. The third-order valence-corrected chi connectivity index (χ3v) is 3.55. The molecule has 0 aliphatic rings. The zero-order chi connectivity index (χ0) is 13.3. The number of hydrogen-bond donors (Lipinski definition) is 2. The Kier molecular flexibility index (Phi) is 3.61. The molecule has 1 unspecified atom stereocenters. The molecule has 0 aliphatic heterocycles. The standard InChI is InChI=1S/C13H12BrClN2O/c1-13(18,8-2-4-9(14)5-3-8)11-6-10(15)7-17-12(11)16/h2-7,18H,1H3,(H2,16,17). The lowest BCUT2D eigenvalue weighted by Gasteiger charge is -2.25. The third kappa shape index (κ3) is 2.51. The maximum atomic E-state index is 10.7. The lowest BCUT2D eigenvalue weighted by molar-refractivity contribution is 0.103. The van der Waals surface area contributed by atoms with Crippen LogP contribution in [0.3, 0.4) is 0 Å². The zero-order valence-electron chi connectivity index (χ0n) is 9.69. The smallest absolute Gasteiger partial charge is 0.129 e. The van der Waals surface area contributed by atoms with Crippen LogP contribution in [0.25, 0.3) is 0 Å². The van der Waals surface area contributed by atoms with Gasteiger partial charge in [0.1, 0.15) is 11.4 Å². The van der Waals surface area contributed by atoms with Gasteiger partial charge in [-0.15, -0.1) is 0 Å². The van der Waals surface area contributed by atoms with Gasteiger partial charge in [0.25, 0.3) is 0 Å². The summed E-state index contributed by atoms with van der Waals surface area (Å²) in [6.45, 7) is 1.67. The van der Waals surface area contributed by atoms with Crippen LogP contribution < -0.4 is 5.73 Å². The molecule has 0 radical (unpaired) electrons. The predicted molar refractivity (Wildman–Crippen MR) is 76.5 cm³/mol. The minimum absolute atomic E-state index is 0.271. The summed E-state index contributed by atoms with van der Waals surface area (Å²) in [7, 11) is 0. The van der Waals surface area contributed by atoms with Crippen LogP contribution in [0, 0.1) is 0 Å². The van der Waals surface area contributed by atoms with E-state index in [9.17, 15) is 5.11 Å². The number of nitrogens with zero attached hydrogens (tertiary/aromatic N) is 1. The lowest BCUT2D eigenvalue weighted by atomic mass is 9.88. The van der Waals surface area contributed by atoms with Gasteiger partial charge in [0.05, 0.1) is 5.02 Å². The van der Waals surface area contributed by atoms with Crippen LogP contribution in [0.4, 0.5) is 5.82 Å². The summed E-state index contributed by atoms with van der Waals surface area (Å²) < 4.78 is 0.944. The SMILES string of the molecule is CC(O)(c1ccc(Br)cc1)c1cc(Cl)cnc1N. The van der Waals surface area contributed by atoms with E-state index in [0.29, 0.717) is 10.6 Å². The van der Waals surface area contributed by atoms with Crippen LogP contribution in [0.15, 0.2) is 41.0 Å². The normalized spacial score (nSPS) is 14.2. The summed E-state index contributed by atoms with van der Waals surface area (Å²) in [6.07, 6.45) is 1.46. The van der Waals surface area contributed by atoms with E-state index in [4.69, 9.17) is 17.3 Å². The number of aliphatic hydroxyl groups is 1. The Morgan fingerprint density at radius 3 is 2.56 bits per heavy atom. The molecule has 3 N–H and O–H groups in total. The van der Waals surface area contributed by atoms with Crippen LogP contribution in [0.1, 0.15) is 18.1 Å². The van der Waals surface area contributed by atoms with Crippen LogP contribution in [0.2, 0.25) is 5.02 Å². The molecule has 1 atom stereocenters. The van der Waals surface area contributed by atoms with Gasteiger partial charge in [0.2, 0.25) is 0 Å². The van der Waals surface area contributed by atoms with Gasteiger partial charge in [-0.2, -0.15) is 0 Å². The highest BCUT2D eigenvalue weighted by atomic mass is 79.9. The summed E-state index contributed by atoms with van der Waals surface area (Å²) in [5, 5.41) is 11.1. The number of nitrogens with two attached hydrogens (primary N) is 1. The van der Waals surface area contributed by atoms with Crippen LogP contribution in [0.5, 0.6) is 0 Å². The maximum Gasteiger partial charge on any atom is 0.129 e. The second kappa shape index (κ2) is 4.88. The van der Waals surface area contributed by atoms with E-state index >= 15 is 0 Å². The van der Waals surface area contributed by atoms with E-state index < -0.39 is 5.60 Å². The molecule has 3 nitrogen and oxygen atoms in total. The molecule has 0 bridgehead atoms. The fourth-order valence-electron chi connectivity index (χ4n) is 1.77. The Morgan fingerprint density at radius 2 is 1.94 bits per heavy atom. The predicted octanol–water partition coefficient (Wildman–Crippen LogP) is 3.34. The highest BCUT2D eigenvalue weighted by Gasteiger charge is 2.28. The first-order chi connectivity index (χ1) is 8.41. The first-order valence-electron chi connectivity index (χ1n) is 5.31. The molecule has 0 saturated heterocycles. The molecule has 5 heteroatoms. The number of anilines is 1. The molecule has 0 spiro atoms. The van der Waals surface area contributed by atoms with Crippen LogP contribution in [-0.2, 0) is 5.60 Å². The molecule has 0 amide bonds. The van der Waals surface area contributed by atoms with Crippen molar-refractivity contribution in [2.45, 2.75) is 12.5 Å². The van der Waals surface area contributed by atoms with Crippen molar-refractivity contribution in [2.24, 2.45) is 0 Å². The average molecular weight is 328 g/mol. The summed E-state index contributed by atoms with van der Waals surface area (Å²) in [5.41, 5.74) is 5.79. The average Bonchev–Trinajstić information content (AvgIpc) is 2.32. The van der Waals surface area contributed by atoms with Crippen molar-refractivity contribution in [1.82, 2.24) is 4.98 Å². The molecule has 2 rings (SSSR count). The number of nitrogen functional groups attached to an aromatic ring is 1. The van der Waals surface area contributed by atoms with Gasteiger partial charge >= 0.3 is 0 Å². The van der Waals surface area contributed by atoms with E-state index in [1.807, 2.05) is 24.3 Å². The molecule has 0 aliphatic carbocycles. The Bertz CT molecular complexity index is 570. The van der Waals surface area contributed by atoms with Crippen molar-refractivity contribution in [3.8, 4) is 0 Å². The van der Waals surface area contributed by atoms with Crippen LogP contribution in [-0.4, -0.2) is 10.1 Å². The Hall–Kier alpha value is -1.10. The summed E-state index contributed by atoms with van der Waals surface area (Å²) in [6, 6.07) is 9.00. The summed E-state index contributed by atoms with van der Waals surface area (Å²) >= 11 is 9.25. The molecule has 18 heavy (non-hydrogen) atoms. The number of halogens is 2. The Balaban J connectivity index is 2.53. The van der Waals surface area contributed by atoms with Crippen molar-refractivity contribution in [2.75, 3.05) is 5.73 Å². The molecule has 0 saturated carbocycles. The zero-order valence-corrected chi connectivity index (χ0v) is 12.0. The quantitative estimate of drug-likeness (QED) is 0.889. The largest absolute Gasteiger partial charge is 0.383 e. The van der Waals surface area contributed by atoms with Gasteiger partial charge in [-0.3, -0.25) is 0 Å². The minimum Gasteiger partial charge on any atom is -0.383 e. The molecular weight excluding hydrogens is 316 g/mol. The Labute approximate surface area is 119 Å². The number of benzene rings is 1.